The minimum Gasteiger partial charge on any atom is -0.331 e. The van der Waals surface area contributed by atoms with E-state index in [1.54, 1.807) is 19.2 Å². The molecule has 0 aliphatic carbocycles. The molecule has 4 rings (SSSR count). The van der Waals surface area contributed by atoms with Crippen LogP contribution in [0.15, 0.2) is 59.5 Å². The molecule has 182 valence electrons. The molecule has 2 aromatic carbocycles. The smallest absolute Gasteiger partial charge is 0.287 e. The zero-order valence-corrected chi connectivity index (χ0v) is 20.3. The summed E-state index contributed by atoms with van der Waals surface area (Å²) in [5, 5.41) is 6.78. The van der Waals surface area contributed by atoms with Crippen LogP contribution >= 0.6 is 0 Å². The van der Waals surface area contributed by atoms with E-state index in [0.29, 0.717) is 23.5 Å². The Hall–Kier alpha value is -4.03. The summed E-state index contributed by atoms with van der Waals surface area (Å²) in [6.45, 7) is 0. The van der Waals surface area contributed by atoms with Gasteiger partial charge in [-0.25, -0.2) is 17.7 Å². The average molecular weight is 496 g/mol. The van der Waals surface area contributed by atoms with E-state index in [9.17, 15) is 18.0 Å². The molecular weight excluding hydrogens is 470 g/mol. The molecule has 0 unspecified atom stereocenters. The summed E-state index contributed by atoms with van der Waals surface area (Å²) in [7, 11) is 1.16. The van der Waals surface area contributed by atoms with Crippen molar-refractivity contribution in [1.29, 1.82) is 0 Å². The summed E-state index contributed by atoms with van der Waals surface area (Å²) >= 11 is 0. The van der Waals surface area contributed by atoms with Crippen LogP contribution in [0.1, 0.15) is 22.7 Å². The highest BCUT2D eigenvalue weighted by molar-refractivity contribution is 7.89. The number of carbonyl (C=O) groups excluding carboxylic acids is 2. The van der Waals surface area contributed by atoms with Gasteiger partial charge < -0.3 is 4.57 Å². The minimum absolute atomic E-state index is 0.0680. The summed E-state index contributed by atoms with van der Waals surface area (Å²) in [6, 6.07) is 15.7. The number of imidazole rings is 1. The van der Waals surface area contributed by atoms with Crippen LogP contribution in [0.2, 0.25) is 0 Å². The van der Waals surface area contributed by atoms with Crippen LogP contribution < -0.4 is 10.9 Å². The maximum atomic E-state index is 12.4. The number of carbonyl (C=O) groups is 2. The highest BCUT2D eigenvalue weighted by atomic mass is 32.2. The van der Waals surface area contributed by atoms with E-state index < -0.39 is 21.8 Å². The number of nitrogens with one attached hydrogen (secondary N) is 3. The fraction of sp³-hybridized carbons (Fsp3) is 0.217. The zero-order valence-electron chi connectivity index (χ0n) is 19.4. The predicted octanol–water partition coefficient (Wildman–Crippen LogP) is 1.61. The van der Waals surface area contributed by atoms with E-state index in [2.05, 4.69) is 26.0 Å². The number of hydrogen-bond donors (Lipinski definition) is 3. The van der Waals surface area contributed by atoms with Gasteiger partial charge in [-0.1, -0.05) is 30.3 Å². The maximum absolute atomic E-state index is 12.4. The van der Waals surface area contributed by atoms with Gasteiger partial charge in [0.05, 0.1) is 21.6 Å². The molecule has 11 nitrogen and oxygen atoms in total. The van der Waals surface area contributed by atoms with Crippen molar-refractivity contribution in [2.75, 3.05) is 14.1 Å². The number of aryl methyl sites for hydroxylation is 2. The molecule has 0 bridgehead atoms. The van der Waals surface area contributed by atoms with Crippen molar-refractivity contribution >= 4 is 32.9 Å². The molecule has 0 radical (unpaired) electrons. The molecule has 35 heavy (non-hydrogen) atoms. The van der Waals surface area contributed by atoms with Crippen molar-refractivity contribution in [3.05, 3.63) is 66.1 Å². The Balaban J connectivity index is 1.35. The lowest BCUT2D eigenvalue weighted by molar-refractivity contribution is -0.121. The first kappa shape index (κ1) is 24.1. The summed E-state index contributed by atoms with van der Waals surface area (Å²) < 4.78 is 27.7. The van der Waals surface area contributed by atoms with E-state index >= 15 is 0 Å². The van der Waals surface area contributed by atoms with Gasteiger partial charge in [0.2, 0.25) is 15.9 Å². The molecule has 2 aromatic heterocycles. The Bertz CT molecular complexity index is 1490. The van der Waals surface area contributed by atoms with E-state index in [0.717, 1.165) is 15.4 Å². The fourth-order valence-corrected chi connectivity index (χ4v) is 4.42. The molecular formula is C23H25N7O4S. The first-order valence-electron chi connectivity index (χ1n) is 10.7. The lowest BCUT2D eigenvalue weighted by atomic mass is 10.1. The Morgan fingerprint density at radius 2 is 1.80 bits per heavy atom. The lowest BCUT2D eigenvalue weighted by Gasteiger charge is -2.10. The summed E-state index contributed by atoms with van der Waals surface area (Å²) in [6.07, 6.45) is 0.364. The number of fused-ring (bicyclic) bond motifs is 1. The predicted molar refractivity (Wildman–Crippen MR) is 130 cm³/mol. The molecule has 0 aliphatic heterocycles. The van der Waals surface area contributed by atoms with Crippen molar-refractivity contribution in [3.8, 4) is 11.3 Å². The molecule has 3 N–H and O–H groups in total. The third-order valence-electron chi connectivity index (χ3n) is 5.51. The summed E-state index contributed by atoms with van der Waals surface area (Å²) in [5.74, 6) is -0.309. The van der Waals surface area contributed by atoms with Crippen molar-refractivity contribution in [3.63, 3.8) is 0 Å². The largest absolute Gasteiger partial charge is 0.331 e. The molecule has 2 amide bonds. The van der Waals surface area contributed by atoms with Crippen molar-refractivity contribution in [1.82, 2.24) is 34.9 Å². The van der Waals surface area contributed by atoms with Gasteiger partial charge in [-0.3, -0.25) is 25.5 Å². The zero-order chi connectivity index (χ0) is 25.2. The van der Waals surface area contributed by atoms with Crippen LogP contribution in [-0.4, -0.2) is 58.4 Å². The molecule has 0 saturated carbocycles. The van der Waals surface area contributed by atoms with Gasteiger partial charge in [0.1, 0.15) is 11.5 Å². The number of hydrogen-bond acceptors (Lipinski definition) is 6. The summed E-state index contributed by atoms with van der Waals surface area (Å²) in [4.78, 5) is 29.3. The Labute approximate surface area is 202 Å². The molecule has 12 heteroatoms. The van der Waals surface area contributed by atoms with Gasteiger partial charge in [0, 0.05) is 39.5 Å². The topological polar surface area (TPSA) is 142 Å². The standard InChI is InChI=1S/C23H25N7O4S/c1-29(2)35(33,34)16-9-10-20-18(13-16)24-21(30(20)3)11-12-22(31)27-28-23(32)19-14-17(25-26-19)15-7-5-4-6-8-15/h4-10,13-14H,11-12H2,1-3H3,(H,25,26)(H,27,31)(H,28,32). The Morgan fingerprint density at radius 1 is 1.06 bits per heavy atom. The van der Waals surface area contributed by atoms with Gasteiger partial charge >= 0.3 is 0 Å². The van der Waals surface area contributed by atoms with Crippen molar-refractivity contribution in [2.24, 2.45) is 7.05 Å². The number of aromatic nitrogens is 4. The Morgan fingerprint density at radius 3 is 2.51 bits per heavy atom. The number of sulfonamides is 1. The first-order valence-corrected chi connectivity index (χ1v) is 12.2. The molecule has 4 aromatic rings. The lowest BCUT2D eigenvalue weighted by Crippen LogP contribution is -2.41. The first-order chi connectivity index (χ1) is 16.7. The molecule has 0 fully saturated rings. The van der Waals surface area contributed by atoms with Crippen LogP contribution in [0.25, 0.3) is 22.3 Å². The van der Waals surface area contributed by atoms with E-state index in [-0.39, 0.29) is 17.0 Å². The van der Waals surface area contributed by atoms with Gasteiger partial charge in [-0.15, -0.1) is 0 Å². The van der Waals surface area contributed by atoms with Crippen LogP contribution in [0.3, 0.4) is 0 Å². The van der Waals surface area contributed by atoms with Crippen LogP contribution in [0.5, 0.6) is 0 Å². The number of aromatic amines is 1. The second-order valence-corrected chi connectivity index (χ2v) is 10.2. The summed E-state index contributed by atoms with van der Waals surface area (Å²) in [5.41, 5.74) is 7.71. The molecule has 0 aliphatic rings. The fourth-order valence-electron chi connectivity index (χ4n) is 3.50. The van der Waals surface area contributed by atoms with Crippen LogP contribution in [0.4, 0.5) is 0 Å². The number of H-pyrrole nitrogens is 1. The highest BCUT2D eigenvalue weighted by Gasteiger charge is 2.19. The SMILES string of the molecule is CN(C)S(=O)(=O)c1ccc2c(c1)nc(CCC(=O)NNC(=O)c1cc(-c3ccccc3)n[nH]1)n2C. The van der Waals surface area contributed by atoms with Gasteiger partial charge in [-0.2, -0.15) is 5.10 Å². The molecule has 0 atom stereocenters. The third kappa shape index (κ3) is 5.08. The minimum atomic E-state index is -3.58. The average Bonchev–Trinajstić information content (AvgIpc) is 3.46. The number of nitrogens with zero attached hydrogens (tertiary/aromatic N) is 4. The van der Waals surface area contributed by atoms with Crippen LogP contribution in [-0.2, 0) is 28.3 Å². The van der Waals surface area contributed by atoms with Crippen molar-refractivity contribution < 1.29 is 18.0 Å². The van der Waals surface area contributed by atoms with E-state index in [1.807, 2.05) is 34.9 Å². The Kier molecular flexibility index (Phi) is 6.67. The monoisotopic (exact) mass is 495 g/mol. The number of benzene rings is 2. The highest BCUT2D eigenvalue weighted by Crippen LogP contribution is 2.22. The van der Waals surface area contributed by atoms with Crippen molar-refractivity contribution in [2.45, 2.75) is 17.7 Å². The second kappa shape index (κ2) is 9.68. The normalized spacial score (nSPS) is 11.7. The number of hydrazine groups is 1. The third-order valence-corrected chi connectivity index (χ3v) is 7.32. The second-order valence-electron chi connectivity index (χ2n) is 8.06. The molecule has 0 saturated heterocycles. The van der Waals surface area contributed by atoms with E-state index in [4.69, 9.17) is 0 Å². The van der Waals surface area contributed by atoms with E-state index in [1.165, 1.54) is 26.2 Å². The maximum Gasteiger partial charge on any atom is 0.287 e. The molecule has 2 heterocycles. The van der Waals surface area contributed by atoms with Gasteiger partial charge in [0.25, 0.3) is 5.91 Å². The quantitative estimate of drug-likeness (QED) is 0.333. The van der Waals surface area contributed by atoms with Gasteiger partial charge in [0.15, 0.2) is 0 Å². The van der Waals surface area contributed by atoms with Gasteiger partial charge in [-0.05, 0) is 24.3 Å². The number of amides is 2. The van der Waals surface area contributed by atoms with Crippen LogP contribution in [0, 0.1) is 0 Å². The molecule has 0 spiro atoms. The number of rotatable bonds is 7.